The molecule has 0 atom stereocenters. The third-order valence-corrected chi connectivity index (χ3v) is 5.37. The van der Waals surface area contributed by atoms with Crippen molar-refractivity contribution in [2.45, 2.75) is 39.7 Å². The molecular weight excluding hydrogens is 396 g/mol. The molecule has 3 aromatic rings. The van der Waals surface area contributed by atoms with Crippen molar-refractivity contribution in [3.05, 3.63) is 56.9 Å². The van der Waals surface area contributed by atoms with Crippen LogP contribution in [0.1, 0.15) is 32.3 Å². The molecule has 0 aliphatic carbocycles. The van der Waals surface area contributed by atoms with Crippen molar-refractivity contribution >= 4 is 28.3 Å². The summed E-state index contributed by atoms with van der Waals surface area (Å²) in [7, 11) is 0. The van der Waals surface area contributed by atoms with E-state index in [9.17, 15) is 14.4 Å². The predicted octanol–water partition coefficient (Wildman–Crippen LogP) is 1.59. The number of fused-ring (bicyclic) bond motifs is 1. The molecule has 166 valence electrons. The summed E-state index contributed by atoms with van der Waals surface area (Å²) in [4.78, 5) is 44.2. The Kier molecular flexibility index (Phi) is 7.17. The average Bonchev–Trinajstić information content (AvgIpc) is 3.16. The van der Waals surface area contributed by atoms with E-state index in [1.165, 1.54) is 4.57 Å². The molecule has 1 amide bonds. The van der Waals surface area contributed by atoms with E-state index in [4.69, 9.17) is 5.73 Å². The number of nitrogens with zero attached hydrogens (tertiary/aromatic N) is 2. The number of H-pyrrole nitrogens is 2. The van der Waals surface area contributed by atoms with E-state index in [1.807, 2.05) is 44.3 Å². The van der Waals surface area contributed by atoms with Gasteiger partial charge in [-0.2, -0.15) is 0 Å². The molecule has 0 saturated carbocycles. The van der Waals surface area contributed by atoms with Crippen LogP contribution in [0.5, 0.6) is 0 Å². The van der Waals surface area contributed by atoms with Gasteiger partial charge in [0.2, 0.25) is 5.91 Å². The highest BCUT2D eigenvalue weighted by Crippen LogP contribution is 2.18. The van der Waals surface area contributed by atoms with E-state index in [2.05, 4.69) is 15.3 Å². The van der Waals surface area contributed by atoms with Crippen molar-refractivity contribution in [2.75, 3.05) is 30.3 Å². The van der Waals surface area contributed by atoms with Crippen LogP contribution in [0.3, 0.4) is 0 Å². The Balaban J connectivity index is 1.67. The van der Waals surface area contributed by atoms with Gasteiger partial charge in [0, 0.05) is 36.7 Å². The van der Waals surface area contributed by atoms with Gasteiger partial charge in [-0.05, 0) is 31.4 Å². The minimum Gasteiger partial charge on any atom is -0.383 e. The van der Waals surface area contributed by atoms with Crippen molar-refractivity contribution < 1.29 is 4.79 Å². The van der Waals surface area contributed by atoms with Crippen LogP contribution >= 0.6 is 0 Å². The topological polar surface area (TPSA) is 129 Å². The zero-order chi connectivity index (χ0) is 22.4. The number of amides is 1. The van der Waals surface area contributed by atoms with Gasteiger partial charge in [0.05, 0.1) is 6.54 Å². The summed E-state index contributed by atoms with van der Waals surface area (Å²) < 4.78 is 1.36. The number of likely N-dealkylation sites (N-methyl/N-ethyl adjacent to an activating group) is 1. The first-order valence-electron chi connectivity index (χ1n) is 10.7. The van der Waals surface area contributed by atoms with Gasteiger partial charge in [-0.1, -0.05) is 31.5 Å². The van der Waals surface area contributed by atoms with E-state index in [-0.39, 0.29) is 24.0 Å². The Hall–Kier alpha value is -3.49. The number of aromatic amines is 2. The Morgan fingerprint density at radius 3 is 2.74 bits per heavy atom. The SMILES string of the molecule is CCCCn1c(N)c(N(CC)CC(=O)NCCc2c[nH]c3ccccc23)c(=O)[nH]c1=O. The van der Waals surface area contributed by atoms with Gasteiger partial charge >= 0.3 is 5.69 Å². The predicted molar refractivity (Wildman–Crippen MR) is 124 cm³/mol. The second-order valence-corrected chi connectivity index (χ2v) is 7.47. The van der Waals surface area contributed by atoms with E-state index >= 15 is 0 Å². The van der Waals surface area contributed by atoms with Crippen LogP contribution in [-0.4, -0.2) is 40.1 Å². The molecule has 2 heterocycles. The van der Waals surface area contributed by atoms with E-state index in [0.717, 1.165) is 29.3 Å². The monoisotopic (exact) mass is 426 g/mol. The molecule has 1 aromatic carbocycles. The van der Waals surface area contributed by atoms with Crippen LogP contribution in [0.15, 0.2) is 40.1 Å². The van der Waals surface area contributed by atoms with Gasteiger partial charge in [-0.25, -0.2) is 4.79 Å². The van der Waals surface area contributed by atoms with Crippen LogP contribution in [-0.2, 0) is 17.8 Å². The van der Waals surface area contributed by atoms with Crippen molar-refractivity contribution in [3.8, 4) is 0 Å². The number of carbonyl (C=O) groups is 1. The van der Waals surface area contributed by atoms with Crippen molar-refractivity contribution in [1.82, 2.24) is 19.9 Å². The quantitative estimate of drug-likeness (QED) is 0.391. The van der Waals surface area contributed by atoms with Gasteiger partial charge in [0.1, 0.15) is 11.5 Å². The fourth-order valence-electron chi connectivity index (χ4n) is 3.67. The molecule has 31 heavy (non-hydrogen) atoms. The Morgan fingerprint density at radius 1 is 1.23 bits per heavy atom. The Morgan fingerprint density at radius 2 is 2.00 bits per heavy atom. The number of unbranched alkanes of at least 4 members (excludes halogenated alkanes) is 1. The smallest absolute Gasteiger partial charge is 0.330 e. The second-order valence-electron chi connectivity index (χ2n) is 7.47. The zero-order valence-electron chi connectivity index (χ0n) is 18.0. The minimum atomic E-state index is -0.580. The third kappa shape index (κ3) is 4.99. The molecule has 0 saturated heterocycles. The van der Waals surface area contributed by atoms with Crippen LogP contribution < -0.4 is 27.2 Å². The van der Waals surface area contributed by atoms with E-state index in [1.54, 1.807) is 4.90 Å². The van der Waals surface area contributed by atoms with Gasteiger partial charge in [0.25, 0.3) is 5.56 Å². The Bertz CT molecular complexity index is 1160. The number of carbonyl (C=O) groups excluding carboxylic acids is 1. The van der Waals surface area contributed by atoms with E-state index < -0.39 is 11.2 Å². The molecule has 0 aliphatic heterocycles. The fourth-order valence-corrected chi connectivity index (χ4v) is 3.67. The minimum absolute atomic E-state index is 0.0242. The second kappa shape index (κ2) is 10.0. The highest BCUT2D eigenvalue weighted by molar-refractivity contribution is 5.84. The normalized spacial score (nSPS) is 11.0. The van der Waals surface area contributed by atoms with Crippen molar-refractivity contribution in [3.63, 3.8) is 0 Å². The summed E-state index contributed by atoms with van der Waals surface area (Å²) in [5.41, 5.74) is 7.41. The van der Waals surface area contributed by atoms with Crippen LogP contribution in [0.2, 0.25) is 0 Å². The molecule has 9 heteroatoms. The van der Waals surface area contributed by atoms with Crippen LogP contribution in [0.25, 0.3) is 10.9 Å². The molecule has 2 aromatic heterocycles. The zero-order valence-corrected chi connectivity index (χ0v) is 18.0. The summed E-state index contributed by atoms with van der Waals surface area (Å²) in [6, 6.07) is 8.02. The van der Waals surface area contributed by atoms with Crippen molar-refractivity contribution in [1.29, 1.82) is 0 Å². The van der Waals surface area contributed by atoms with Crippen molar-refractivity contribution in [2.24, 2.45) is 0 Å². The van der Waals surface area contributed by atoms with Gasteiger partial charge in [0.15, 0.2) is 0 Å². The molecule has 0 aliphatic rings. The molecule has 0 unspecified atom stereocenters. The number of para-hydroxylation sites is 1. The molecule has 0 bridgehead atoms. The highest BCUT2D eigenvalue weighted by Gasteiger charge is 2.19. The number of hydrogen-bond acceptors (Lipinski definition) is 5. The van der Waals surface area contributed by atoms with E-state index in [0.29, 0.717) is 26.1 Å². The fraction of sp³-hybridized carbons (Fsp3) is 0.409. The summed E-state index contributed by atoms with van der Waals surface area (Å²) >= 11 is 0. The lowest BCUT2D eigenvalue weighted by molar-refractivity contribution is -0.119. The van der Waals surface area contributed by atoms with Crippen LogP contribution in [0, 0.1) is 0 Å². The first-order valence-corrected chi connectivity index (χ1v) is 10.7. The average molecular weight is 427 g/mol. The maximum absolute atomic E-state index is 12.5. The van der Waals surface area contributed by atoms with Gasteiger partial charge < -0.3 is 20.9 Å². The summed E-state index contributed by atoms with van der Waals surface area (Å²) in [5, 5.41) is 4.04. The first kappa shape index (κ1) is 22.2. The number of aromatic nitrogens is 3. The number of nitrogens with one attached hydrogen (secondary N) is 3. The van der Waals surface area contributed by atoms with Crippen LogP contribution in [0.4, 0.5) is 11.5 Å². The lowest BCUT2D eigenvalue weighted by atomic mass is 10.1. The lowest BCUT2D eigenvalue weighted by Gasteiger charge is -2.24. The number of rotatable bonds is 10. The molecule has 0 radical (unpaired) electrons. The summed E-state index contributed by atoms with van der Waals surface area (Å²) in [6.45, 7) is 5.10. The standard InChI is InChI=1S/C22H30N6O3/c1-3-5-12-28-20(23)19(21(30)26-22(28)31)27(4-2)14-18(29)24-11-10-15-13-25-17-9-7-6-8-16(15)17/h6-9,13,25H,3-5,10-12,14,23H2,1-2H3,(H,24,29)(H,26,30,31). The third-order valence-electron chi connectivity index (χ3n) is 5.37. The molecule has 0 fully saturated rings. The number of anilines is 2. The van der Waals surface area contributed by atoms with Gasteiger partial charge in [-0.15, -0.1) is 0 Å². The number of benzene rings is 1. The maximum Gasteiger partial charge on any atom is 0.330 e. The lowest BCUT2D eigenvalue weighted by Crippen LogP contribution is -2.43. The number of nitrogen functional groups attached to an aromatic ring is 1. The molecule has 5 N–H and O–H groups in total. The number of nitrogens with two attached hydrogens (primary N) is 1. The molecule has 9 nitrogen and oxygen atoms in total. The summed E-state index contributed by atoms with van der Waals surface area (Å²) in [6.07, 6.45) is 4.29. The largest absolute Gasteiger partial charge is 0.383 e. The summed E-state index contributed by atoms with van der Waals surface area (Å²) in [5.74, 6) is -0.123. The van der Waals surface area contributed by atoms with Gasteiger partial charge in [-0.3, -0.25) is 19.1 Å². The Labute approximate surface area is 180 Å². The maximum atomic E-state index is 12.5. The molecular formula is C22H30N6O3. The molecule has 3 rings (SSSR count). The number of hydrogen-bond donors (Lipinski definition) is 4. The first-order chi connectivity index (χ1) is 15.0. The molecule has 0 spiro atoms. The highest BCUT2D eigenvalue weighted by atomic mass is 16.2.